The molecule has 4 aromatic carbocycles. The zero-order valence-electron chi connectivity index (χ0n) is 39.8. The number of fused-ring (bicyclic) bond motifs is 4. The third-order valence-electron chi connectivity index (χ3n) is 13.5. The molecule has 0 aliphatic carbocycles. The summed E-state index contributed by atoms with van der Waals surface area (Å²) in [5.41, 5.74) is 4.06. The van der Waals surface area contributed by atoms with Crippen LogP contribution in [0.15, 0.2) is 120 Å². The molecule has 0 saturated carbocycles. The van der Waals surface area contributed by atoms with Gasteiger partial charge in [-0.3, -0.25) is 19.4 Å². The van der Waals surface area contributed by atoms with Gasteiger partial charge in [-0.15, -0.1) is 22.7 Å². The fraction of sp³-hybridized carbons (Fsp3) is 0.357. The topological polar surface area (TPSA) is 110 Å². The van der Waals surface area contributed by atoms with Gasteiger partial charge in [0.15, 0.2) is 0 Å². The average molecular weight is 977 g/mol. The summed E-state index contributed by atoms with van der Waals surface area (Å²) in [7, 11) is 0. The predicted octanol–water partition coefficient (Wildman–Crippen LogP) is 11.1. The molecular weight excluding hydrogens is 917 g/mol. The van der Waals surface area contributed by atoms with Crippen molar-refractivity contribution in [1.29, 1.82) is 0 Å². The highest BCUT2D eigenvalue weighted by Gasteiger charge is 2.22. The van der Waals surface area contributed by atoms with Crippen LogP contribution >= 0.6 is 22.7 Å². The first kappa shape index (κ1) is 47.4. The molecule has 0 N–H and O–H groups in total. The van der Waals surface area contributed by atoms with Gasteiger partial charge < -0.3 is 28.7 Å². The summed E-state index contributed by atoms with van der Waals surface area (Å²) >= 11 is 3.61. The Labute approximate surface area is 417 Å². The summed E-state index contributed by atoms with van der Waals surface area (Å²) in [5.74, 6) is 0.363. The van der Waals surface area contributed by atoms with Crippen LogP contribution in [0.2, 0.25) is 0 Å². The van der Waals surface area contributed by atoms with Crippen LogP contribution in [0.3, 0.4) is 0 Å². The molecule has 1 atom stereocenters. The third kappa shape index (κ3) is 11.8. The Kier molecular flexibility index (Phi) is 15.3. The number of ether oxygens (including phenoxy) is 4. The molecule has 10 rings (SSSR count). The summed E-state index contributed by atoms with van der Waals surface area (Å²) in [6.45, 7) is 13.5. The number of piperazine rings is 2. The Morgan fingerprint density at radius 3 is 1.57 bits per heavy atom. The SMILES string of the molecule is CC(CCC(=O)Oc1ccc2ccc(OCCCCN3CCN(c4cccc5sccc45)CC3)cc2n1)C(=O)Oc1ccc2ccc(OCCCCN3CCN(c4cccc5sccc45)CC3)cc2n1. The minimum absolute atomic E-state index is 0.0238. The molecule has 12 nitrogen and oxygen atoms in total. The van der Waals surface area contributed by atoms with Crippen molar-refractivity contribution in [3.8, 4) is 23.3 Å². The van der Waals surface area contributed by atoms with Gasteiger partial charge in [-0.1, -0.05) is 19.1 Å². The van der Waals surface area contributed by atoms with E-state index in [1.807, 2.05) is 48.5 Å². The van der Waals surface area contributed by atoms with Crippen LogP contribution in [0.4, 0.5) is 11.4 Å². The van der Waals surface area contributed by atoms with Crippen LogP contribution in [0.1, 0.15) is 45.4 Å². The number of aromatic nitrogens is 2. The Morgan fingerprint density at radius 1 is 0.571 bits per heavy atom. The van der Waals surface area contributed by atoms with Crippen LogP contribution in [-0.4, -0.2) is 110 Å². The Hall–Kier alpha value is -6.32. The molecule has 362 valence electrons. The first-order valence-electron chi connectivity index (χ1n) is 24.8. The van der Waals surface area contributed by atoms with E-state index in [-0.39, 0.29) is 24.6 Å². The molecule has 2 aliphatic heterocycles. The minimum atomic E-state index is -0.559. The summed E-state index contributed by atoms with van der Waals surface area (Å²) in [6, 6.07) is 36.4. The van der Waals surface area contributed by atoms with Crippen molar-refractivity contribution in [1.82, 2.24) is 19.8 Å². The van der Waals surface area contributed by atoms with E-state index in [1.54, 1.807) is 41.7 Å². The van der Waals surface area contributed by atoms with Crippen LogP contribution in [-0.2, 0) is 9.59 Å². The Morgan fingerprint density at radius 2 is 1.06 bits per heavy atom. The number of rotatable bonds is 20. The molecule has 70 heavy (non-hydrogen) atoms. The second-order valence-corrected chi connectivity index (χ2v) is 20.2. The summed E-state index contributed by atoms with van der Waals surface area (Å²) in [4.78, 5) is 45.3. The van der Waals surface area contributed by atoms with E-state index in [4.69, 9.17) is 18.9 Å². The van der Waals surface area contributed by atoms with Gasteiger partial charge in [0.2, 0.25) is 11.8 Å². The molecule has 6 heterocycles. The molecule has 0 spiro atoms. The maximum absolute atomic E-state index is 13.1. The van der Waals surface area contributed by atoms with Crippen molar-refractivity contribution in [2.75, 3.05) is 88.5 Å². The van der Waals surface area contributed by atoms with Crippen LogP contribution < -0.4 is 28.7 Å². The van der Waals surface area contributed by atoms with Gasteiger partial charge in [0.1, 0.15) is 11.5 Å². The first-order valence-corrected chi connectivity index (χ1v) is 26.5. The number of benzene rings is 4. The number of carbonyl (C=O) groups is 2. The Balaban J connectivity index is 0.610. The van der Waals surface area contributed by atoms with Crippen molar-refractivity contribution < 1.29 is 28.5 Å². The van der Waals surface area contributed by atoms with Crippen molar-refractivity contribution in [3.63, 3.8) is 0 Å². The van der Waals surface area contributed by atoms with E-state index in [0.29, 0.717) is 24.2 Å². The summed E-state index contributed by atoms with van der Waals surface area (Å²) in [6.07, 6.45) is 4.31. The van der Waals surface area contributed by atoms with Gasteiger partial charge in [-0.05, 0) is 129 Å². The standard InChI is InChI=1S/C56H60N6O6S2/c1-40(56(64)68-54-20-16-42-14-18-44(39-48(42)58-54)66-35-5-3-25-60-28-32-62(33-29-60)50-9-7-11-52-46(50)23-37-70-52)12-21-55(63)67-53-19-15-41-13-17-43(38-47(41)57-53)65-34-4-2-24-59-26-30-61(31-27-59)49-8-6-10-51-45(49)22-36-69-51/h6-11,13-20,22-23,36-40H,2-5,12,21,24-35H2,1H3. The third-order valence-corrected chi connectivity index (χ3v) is 15.3. The molecule has 4 aromatic heterocycles. The second-order valence-electron chi connectivity index (χ2n) is 18.3. The number of esters is 2. The fourth-order valence-electron chi connectivity index (χ4n) is 9.46. The molecule has 2 aliphatic rings. The maximum Gasteiger partial charge on any atom is 0.315 e. The van der Waals surface area contributed by atoms with E-state index in [1.165, 1.54) is 31.5 Å². The Bertz CT molecular complexity index is 3050. The van der Waals surface area contributed by atoms with Gasteiger partial charge in [-0.2, -0.15) is 0 Å². The zero-order valence-corrected chi connectivity index (χ0v) is 41.4. The van der Waals surface area contributed by atoms with Gasteiger partial charge >= 0.3 is 11.9 Å². The van der Waals surface area contributed by atoms with E-state index in [9.17, 15) is 9.59 Å². The number of nitrogens with zero attached hydrogens (tertiary/aromatic N) is 6. The van der Waals surface area contributed by atoms with E-state index in [0.717, 1.165) is 113 Å². The highest BCUT2D eigenvalue weighted by atomic mass is 32.1. The molecule has 0 amide bonds. The molecule has 8 aromatic rings. The van der Waals surface area contributed by atoms with Crippen molar-refractivity contribution in [2.24, 2.45) is 5.92 Å². The normalized spacial score (nSPS) is 15.2. The van der Waals surface area contributed by atoms with Crippen molar-refractivity contribution >= 4 is 88.0 Å². The number of pyridine rings is 2. The van der Waals surface area contributed by atoms with Crippen molar-refractivity contribution in [3.05, 3.63) is 120 Å². The second kappa shape index (κ2) is 22.6. The lowest BCUT2D eigenvalue weighted by atomic mass is 10.1. The molecule has 0 radical (unpaired) electrons. The van der Waals surface area contributed by atoms with Gasteiger partial charge in [0, 0.05) is 125 Å². The maximum atomic E-state index is 13.1. The van der Waals surface area contributed by atoms with Gasteiger partial charge in [-0.25, -0.2) is 9.97 Å². The summed E-state index contributed by atoms with van der Waals surface area (Å²) < 4.78 is 26.2. The quantitative estimate of drug-likeness (QED) is 0.0536. The molecular formula is C56H60N6O6S2. The first-order chi connectivity index (χ1) is 34.4. The van der Waals surface area contributed by atoms with Gasteiger partial charge in [0.25, 0.3) is 0 Å². The molecule has 1 unspecified atom stereocenters. The van der Waals surface area contributed by atoms with Crippen molar-refractivity contribution in [2.45, 2.75) is 45.4 Å². The zero-order chi connectivity index (χ0) is 47.7. The number of hydrogen-bond donors (Lipinski definition) is 0. The smallest absolute Gasteiger partial charge is 0.315 e. The van der Waals surface area contributed by atoms with E-state index < -0.39 is 17.9 Å². The number of unbranched alkanes of at least 4 members (excludes halogenated alkanes) is 2. The lowest BCUT2D eigenvalue weighted by Gasteiger charge is -2.36. The number of thiophene rings is 2. The van der Waals surface area contributed by atoms with Crippen LogP contribution in [0.5, 0.6) is 23.3 Å². The predicted molar refractivity (Wildman–Crippen MR) is 284 cm³/mol. The number of hydrogen-bond acceptors (Lipinski definition) is 14. The van der Waals surface area contributed by atoms with E-state index >= 15 is 0 Å². The largest absolute Gasteiger partial charge is 0.494 e. The van der Waals surface area contributed by atoms with Crippen LogP contribution in [0.25, 0.3) is 42.0 Å². The number of anilines is 2. The monoisotopic (exact) mass is 976 g/mol. The highest BCUT2D eigenvalue weighted by Crippen LogP contribution is 2.33. The minimum Gasteiger partial charge on any atom is -0.494 e. The fourth-order valence-corrected chi connectivity index (χ4v) is 11.1. The summed E-state index contributed by atoms with van der Waals surface area (Å²) in [5, 5.41) is 8.91. The average Bonchev–Trinajstić information content (AvgIpc) is 4.09. The van der Waals surface area contributed by atoms with Gasteiger partial charge in [0.05, 0.1) is 30.2 Å². The van der Waals surface area contributed by atoms with Crippen LogP contribution in [0, 0.1) is 5.92 Å². The number of carbonyl (C=O) groups excluding carboxylic acids is 2. The van der Waals surface area contributed by atoms with E-state index in [2.05, 4.69) is 88.9 Å². The molecule has 2 fully saturated rings. The highest BCUT2D eigenvalue weighted by molar-refractivity contribution is 7.17. The lowest BCUT2D eigenvalue weighted by molar-refractivity contribution is -0.139. The lowest BCUT2D eigenvalue weighted by Crippen LogP contribution is -2.46. The molecule has 2 saturated heterocycles. The molecule has 0 bridgehead atoms. The molecule has 14 heteroatoms.